The van der Waals surface area contributed by atoms with Crippen LogP contribution in [0.25, 0.3) is 5.57 Å². The summed E-state index contributed by atoms with van der Waals surface area (Å²) in [5.74, 6) is -0.0595. The van der Waals surface area contributed by atoms with Crippen LogP contribution in [0.15, 0.2) is 48.5 Å². The summed E-state index contributed by atoms with van der Waals surface area (Å²) in [6.07, 6.45) is 6.61. The molecule has 2 nitrogen and oxygen atoms in total. The van der Waals surface area contributed by atoms with Gasteiger partial charge in [-0.25, -0.2) is 0 Å². The molecule has 0 N–H and O–H groups in total. The normalized spacial score (nSPS) is 16.8. The Labute approximate surface area is 129 Å². The van der Waals surface area contributed by atoms with Crippen LogP contribution in [0.5, 0.6) is 0 Å². The van der Waals surface area contributed by atoms with Gasteiger partial charge in [-0.1, -0.05) is 48.5 Å². The maximum Gasteiger partial charge on any atom is 0.195 e. The van der Waals surface area contributed by atoms with Crippen LogP contribution < -0.4 is 0 Å². The molecule has 2 aliphatic rings. The number of fused-ring (bicyclic) bond motifs is 2. The van der Waals surface area contributed by atoms with Gasteiger partial charge in [-0.15, -0.1) is 0 Å². The molecule has 0 aliphatic heterocycles. The van der Waals surface area contributed by atoms with Gasteiger partial charge in [0.2, 0.25) is 0 Å². The van der Waals surface area contributed by atoms with Crippen LogP contribution in [0.1, 0.15) is 63.1 Å². The van der Waals surface area contributed by atoms with E-state index in [4.69, 9.17) is 0 Å². The van der Waals surface area contributed by atoms with Crippen molar-refractivity contribution < 1.29 is 9.59 Å². The highest BCUT2D eigenvalue weighted by molar-refractivity contribution is 6.29. The molecule has 4 rings (SSSR count). The van der Waals surface area contributed by atoms with E-state index >= 15 is 0 Å². The lowest BCUT2D eigenvalue weighted by Gasteiger charge is -2.22. The van der Waals surface area contributed by atoms with Crippen molar-refractivity contribution in [1.29, 1.82) is 0 Å². The number of rotatable bonds is 1. The third-order valence-corrected chi connectivity index (χ3v) is 4.59. The van der Waals surface area contributed by atoms with Gasteiger partial charge in [0.15, 0.2) is 11.6 Å². The molecule has 22 heavy (non-hydrogen) atoms. The van der Waals surface area contributed by atoms with Crippen molar-refractivity contribution in [2.45, 2.75) is 25.7 Å². The van der Waals surface area contributed by atoms with Crippen molar-refractivity contribution in [3.05, 3.63) is 76.4 Å². The van der Waals surface area contributed by atoms with Gasteiger partial charge < -0.3 is 0 Å². The van der Waals surface area contributed by atoms with Gasteiger partial charge in [0.25, 0.3) is 0 Å². The second kappa shape index (κ2) is 5.06. The van der Waals surface area contributed by atoms with E-state index in [0.29, 0.717) is 22.3 Å². The SMILES string of the molecule is O=C1c2ccccc2C(=O)c2c1cccc2C1=CCCCC1. The van der Waals surface area contributed by atoms with Crippen LogP contribution in [0, 0.1) is 0 Å². The molecular formula is C20H16O2. The molecule has 0 saturated heterocycles. The van der Waals surface area contributed by atoms with E-state index in [1.54, 1.807) is 18.2 Å². The first-order chi connectivity index (χ1) is 10.8. The summed E-state index contributed by atoms with van der Waals surface area (Å²) in [6, 6.07) is 12.8. The average molecular weight is 288 g/mol. The van der Waals surface area contributed by atoms with Crippen molar-refractivity contribution in [2.75, 3.05) is 0 Å². The van der Waals surface area contributed by atoms with E-state index in [9.17, 15) is 9.59 Å². The standard InChI is InChI=1S/C20H16O2/c21-19-15-9-4-5-10-16(15)20(22)18-14(11-6-12-17(18)19)13-7-2-1-3-8-13/h4-7,9-12H,1-3,8H2. The largest absolute Gasteiger partial charge is 0.289 e. The Morgan fingerprint density at radius 3 is 2.09 bits per heavy atom. The summed E-state index contributed by atoms with van der Waals surface area (Å²) < 4.78 is 0. The summed E-state index contributed by atoms with van der Waals surface area (Å²) >= 11 is 0. The zero-order valence-electron chi connectivity index (χ0n) is 12.3. The molecule has 0 unspecified atom stereocenters. The molecule has 0 radical (unpaired) electrons. The highest BCUT2D eigenvalue weighted by atomic mass is 16.1. The Kier molecular flexibility index (Phi) is 3.04. The minimum absolute atomic E-state index is 0.0210. The molecule has 0 saturated carbocycles. The van der Waals surface area contributed by atoms with Crippen LogP contribution in [-0.2, 0) is 0 Å². The van der Waals surface area contributed by atoms with E-state index in [2.05, 4.69) is 6.08 Å². The van der Waals surface area contributed by atoms with Crippen LogP contribution in [0.3, 0.4) is 0 Å². The third-order valence-electron chi connectivity index (χ3n) is 4.59. The van der Waals surface area contributed by atoms with Crippen molar-refractivity contribution in [3.63, 3.8) is 0 Å². The van der Waals surface area contributed by atoms with E-state index < -0.39 is 0 Å². The molecular weight excluding hydrogens is 272 g/mol. The monoisotopic (exact) mass is 288 g/mol. The highest BCUT2D eigenvalue weighted by Gasteiger charge is 2.31. The Morgan fingerprint density at radius 1 is 0.682 bits per heavy atom. The lowest BCUT2D eigenvalue weighted by Crippen LogP contribution is -2.22. The van der Waals surface area contributed by atoms with E-state index in [1.807, 2.05) is 24.3 Å². The summed E-state index contributed by atoms with van der Waals surface area (Å²) in [4.78, 5) is 25.7. The molecule has 2 aromatic rings. The molecule has 2 heteroatoms. The summed E-state index contributed by atoms with van der Waals surface area (Å²) in [6.45, 7) is 0. The molecule has 108 valence electrons. The number of benzene rings is 2. The van der Waals surface area contributed by atoms with Crippen LogP contribution >= 0.6 is 0 Å². The summed E-state index contributed by atoms with van der Waals surface area (Å²) in [5.41, 5.74) is 4.36. The van der Waals surface area contributed by atoms with Gasteiger partial charge in [0, 0.05) is 22.3 Å². The lowest BCUT2D eigenvalue weighted by atomic mass is 9.79. The molecule has 0 amide bonds. The van der Waals surface area contributed by atoms with Gasteiger partial charge >= 0.3 is 0 Å². The number of ketones is 2. The van der Waals surface area contributed by atoms with E-state index in [0.717, 1.165) is 24.8 Å². The van der Waals surface area contributed by atoms with E-state index in [1.165, 1.54) is 12.0 Å². The summed E-state index contributed by atoms with van der Waals surface area (Å²) in [7, 11) is 0. The van der Waals surface area contributed by atoms with Gasteiger partial charge in [-0.3, -0.25) is 9.59 Å². The number of allylic oxidation sites excluding steroid dienone is 2. The maximum atomic E-state index is 12.9. The first-order valence-electron chi connectivity index (χ1n) is 7.78. The second-order valence-corrected chi connectivity index (χ2v) is 5.91. The van der Waals surface area contributed by atoms with Gasteiger partial charge in [-0.05, 0) is 36.8 Å². The topological polar surface area (TPSA) is 34.1 Å². The maximum absolute atomic E-state index is 12.9. The Hall–Kier alpha value is -2.48. The first kappa shape index (κ1) is 13.2. The number of hydrogen-bond donors (Lipinski definition) is 0. The first-order valence-corrected chi connectivity index (χ1v) is 7.78. The minimum atomic E-state index is -0.0385. The minimum Gasteiger partial charge on any atom is -0.289 e. The molecule has 2 aromatic carbocycles. The lowest BCUT2D eigenvalue weighted by molar-refractivity contribution is 0.0979. The number of hydrogen-bond acceptors (Lipinski definition) is 2. The van der Waals surface area contributed by atoms with Gasteiger partial charge in [0.05, 0.1) is 0 Å². The summed E-state index contributed by atoms with van der Waals surface area (Å²) in [5, 5.41) is 0. The molecule has 0 heterocycles. The van der Waals surface area contributed by atoms with Crippen LogP contribution in [-0.4, -0.2) is 11.6 Å². The van der Waals surface area contributed by atoms with Gasteiger partial charge in [0.1, 0.15) is 0 Å². The van der Waals surface area contributed by atoms with Gasteiger partial charge in [-0.2, -0.15) is 0 Å². The molecule has 2 aliphatic carbocycles. The predicted octanol–water partition coefficient (Wildman–Crippen LogP) is 4.42. The number of carbonyl (C=O) groups excluding carboxylic acids is 2. The molecule has 0 bridgehead atoms. The fourth-order valence-electron chi connectivity index (χ4n) is 3.50. The molecule has 0 aromatic heterocycles. The fourth-order valence-corrected chi connectivity index (χ4v) is 3.50. The van der Waals surface area contributed by atoms with E-state index in [-0.39, 0.29) is 11.6 Å². The molecule has 0 atom stereocenters. The quantitative estimate of drug-likeness (QED) is 0.664. The third kappa shape index (κ3) is 1.87. The highest BCUT2D eigenvalue weighted by Crippen LogP contribution is 2.35. The van der Waals surface area contributed by atoms with Crippen LogP contribution in [0.2, 0.25) is 0 Å². The van der Waals surface area contributed by atoms with Crippen molar-refractivity contribution >= 4 is 17.1 Å². The van der Waals surface area contributed by atoms with Crippen LogP contribution in [0.4, 0.5) is 0 Å². The van der Waals surface area contributed by atoms with Crippen molar-refractivity contribution in [3.8, 4) is 0 Å². The average Bonchev–Trinajstić information content (AvgIpc) is 2.60. The predicted molar refractivity (Wildman–Crippen MR) is 86.2 cm³/mol. The number of carbonyl (C=O) groups is 2. The Bertz CT molecular complexity index is 827. The second-order valence-electron chi connectivity index (χ2n) is 5.91. The Morgan fingerprint density at radius 2 is 1.36 bits per heavy atom. The Balaban J connectivity index is 1.95. The zero-order chi connectivity index (χ0) is 15.1. The molecule has 0 spiro atoms. The zero-order valence-corrected chi connectivity index (χ0v) is 12.3. The van der Waals surface area contributed by atoms with Crippen molar-refractivity contribution in [2.24, 2.45) is 0 Å². The van der Waals surface area contributed by atoms with Crippen molar-refractivity contribution in [1.82, 2.24) is 0 Å². The fraction of sp³-hybridized carbons (Fsp3) is 0.200. The smallest absolute Gasteiger partial charge is 0.195 e. The molecule has 0 fully saturated rings.